The van der Waals surface area contributed by atoms with Crippen LogP contribution in [0.15, 0.2) is 0 Å². The Morgan fingerprint density at radius 1 is 1.00 bits per heavy atom. The van der Waals surface area contributed by atoms with Crippen LogP contribution in [0.1, 0.15) is 19.3 Å². The molecule has 1 N–H and O–H groups in total. The number of hydrogen-bond acceptors (Lipinski definition) is 4. The van der Waals surface area contributed by atoms with Gasteiger partial charge in [0, 0.05) is 44.8 Å². The lowest BCUT2D eigenvalue weighted by molar-refractivity contribution is 0.0308. The Labute approximate surface area is 104 Å². The van der Waals surface area contributed by atoms with E-state index in [0.717, 1.165) is 38.4 Å². The average molecular weight is 239 g/mol. The summed E-state index contributed by atoms with van der Waals surface area (Å²) < 4.78 is 5.40. The first kappa shape index (κ1) is 11.9. The van der Waals surface area contributed by atoms with Gasteiger partial charge < -0.3 is 10.1 Å². The largest absolute Gasteiger partial charge is 0.379 e. The normalized spacial score (nSPS) is 36.0. The molecule has 2 bridgehead atoms. The second-order valence-corrected chi connectivity index (χ2v) is 5.57. The summed E-state index contributed by atoms with van der Waals surface area (Å²) in [5.41, 5.74) is 0. The van der Waals surface area contributed by atoms with Crippen LogP contribution < -0.4 is 5.32 Å². The number of rotatable bonds is 3. The van der Waals surface area contributed by atoms with Crippen LogP contribution in [-0.2, 0) is 4.74 Å². The molecule has 3 rings (SSSR count). The first-order valence-corrected chi connectivity index (χ1v) is 7.20. The van der Waals surface area contributed by atoms with E-state index in [1.807, 2.05) is 0 Å². The van der Waals surface area contributed by atoms with Crippen LogP contribution in [0.2, 0.25) is 0 Å². The van der Waals surface area contributed by atoms with Crippen LogP contribution in [0.3, 0.4) is 0 Å². The summed E-state index contributed by atoms with van der Waals surface area (Å²) in [6.07, 6.45) is 4.18. The van der Waals surface area contributed by atoms with Crippen molar-refractivity contribution < 1.29 is 4.74 Å². The van der Waals surface area contributed by atoms with E-state index in [1.54, 1.807) is 0 Å². The summed E-state index contributed by atoms with van der Waals surface area (Å²) in [6, 6.07) is 1.67. The zero-order chi connectivity index (χ0) is 11.5. The van der Waals surface area contributed by atoms with E-state index in [-0.39, 0.29) is 0 Å². The average Bonchev–Trinajstić information content (AvgIpc) is 2.61. The van der Waals surface area contributed by atoms with Crippen molar-refractivity contribution in [1.29, 1.82) is 0 Å². The van der Waals surface area contributed by atoms with Crippen LogP contribution in [0.4, 0.5) is 0 Å². The molecule has 17 heavy (non-hydrogen) atoms. The van der Waals surface area contributed by atoms with Gasteiger partial charge in [0.25, 0.3) is 0 Å². The number of hydrogen-bond donors (Lipinski definition) is 1. The van der Waals surface area contributed by atoms with Gasteiger partial charge in [0.05, 0.1) is 13.2 Å². The minimum absolute atomic E-state index is 0.809. The van der Waals surface area contributed by atoms with Gasteiger partial charge in [-0.15, -0.1) is 0 Å². The molecule has 3 heterocycles. The Hall–Kier alpha value is -0.160. The zero-order valence-corrected chi connectivity index (χ0v) is 10.7. The van der Waals surface area contributed by atoms with E-state index >= 15 is 0 Å². The van der Waals surface area contributed by atoms with Crippen molar-refractivity contribution in [2.24, 2.45) is 0 Å². The fourth-order valence-corrected chi connectivity index (χ4v) is 3.53. The van der Waals surface area contributed by atoms with Gasteiger partial charge in [-0.1, -0.05) is 0 Å². The molecule has 3 aliphatic heterocycles. The molecule has 0 amide bonds. The molecule has 3 fully saturated rings. The second-order valence-electron chi connectivity index (χ2n) is 5.57. The monoisotopic (exact) mass is 239 g/mol. The third kappa shape index (κ3) is 2.81. The van der Waals surface area contributed by atoms with Gasteiger partial charge in [-0.2, -0.15) is 0 Å². The topological polar surface area (TPSA) is 27.7 Å². The van der Waals surface area contributed by atoms with Crippen molar-refractivity contribution >= 4 is 0 Å². The Balaban J connectivity index is 1.50. The first-order valence-electron chi connectivity index (χ1n) is 7.20. The van der Waals surface area contributed by atoms with Gasteiger partial charge >= 0.3 is 0 Å². The minimum Gasteiger partial charge on any atom is -0.379 e. The summed E-state index contributed by atoms with van der Waals surface area (Å²) >= 11 is 0. The number of nitrogens with one attached hydrogen (secondary N) is 1. The lowest BCUT2D eigenvalue weighted by Gasteiger charge is -2.32. The molecule has 0 aliphatic carbocycles. The maximum absolute atomic E-state index is 5.40. The van der Waals surface area contributed by atoms with Crippen molar-refractivity contribution in [3.8, 4) is 0 Å². The molecule has 0 spiro atoms. The molecule has 2 atom stereocenters. The number of ether oxygens (including phenoxy) is 1. The van der Waals surface area contributed by atoms with Gasteiger partial charge in [0.1, 0.15) is 0 Å². The number of morpholine rings is 1. The van der Waals surface area contributed by atoms with E-state index in [1.165, 1.54) is 45.4 Å². The summed E-state index contributed by atoms with van der Waals surface area (Å²) in [5, 5.41) is 3.57. The predicted molar refractivity (Wildman–Crippen MR) is 68.3 cm³/mol. The molecule has 0 aromatic carbocycles. The Kier molecular flexibility index (Phi) is 3.96. The first-order chi connectivity index (χ1) is 8.43. The van der Waals surface area contributed by atoms with Gasteiger partial charge in [-0.3, -0.25) is 9.80 Å². The molecular formula is C13H25N3O. The summed E-state index contributed by atoms with van der Waals surface area (Å²) in [4.78, 5) is 5.33. The highest BCUT2D eigenvalue weighted by Gasteiger charge is 2.34. The second kappa shape index (κ2) is 5.65. The van der Waals surface area contributed by atoms with E-state index in [4.69, 9.17) is 4.74 Å². The minimum atomic E-state index is 0.809. The SMILES string of the molecule is C1CC2CCC(CN1)N2CCN1CCOCC1. The molecule has 3 saturated heterocycles. The molecule has 4 heteroatoms. The predicted octanol–water partition coefficient (Wildman–Crippen LogP) is 0.145. The Morgan fingerprint density at radius 3 is 2.71 bits per heavy atom. The van der Waals surface area contributed by atoms with Crippen LogP contribution in [0.5, 0.6) is 0 Å². The zero-order valence-electron chi connectivity index (χ0n) is 10.7. The molecule has 0 aromatic heterocycles. The number of nitrogens with zero attached hydrogens (tertiary/aromatic N) is 2. The van der Waals surface area contributed by atoms with E-state index in [2.05, 4.69) is 15.1 Å². The maximum atomic E-state index is 5.40. The molecular weight excluding hydrogens is 214 g/mol. The van der Waals surface area contributed by atoms with Gasteiger partial charge in [0.15, 0.2) is 0 Å². The fraction of sp³-hybridized carbons (Fsp3) is 1.00. The highest BCUT2D eigenvalue weighted by Crippen LogP contribution is 2.27. The van der Waals surface area contributed by atoms with Crippen molar-refractivity contribution in [2.75, 3.05) is 52.5 Å². The molecule has 0 saturated carbocycles. The van der Waals surface area contributed by atoms with E-state index in [9.17, 15) is 0 Å². The summed E-state index contributed by atoms with van der Waals surface area (Å²) in [7, 11) is 0. The lowest BCUT2D eigenvalue weighted by atomic mass is 10.1. The summed E-state index contributed by atoms with van der Waals surface area (Å²) in [6.45, 7) is 9.02. The fourth-order valence-electron chi connectivity index (χ4n) is 3.53. The van der Waals surface area contributed by atoms with E-state index < -0.39 is 0 Å². The molecule has 4 nitrogen and oxygen atoms in total. The molecule has 2 unspecified atom stereocenters. The van der Waals surface area contributed by atoms with Crippen LogP contribution in [0, 0.1) is 0 Å². The van der Waals surface area contributed by atoms with Gasteiger partial charge in [0.2, 0.25) is 0 Å². The van der Waals surface area contributed by atoms with Crippen molar-refractivity contribution in [3.63, 3.8) is 0 Å². The van der Waals surface area contributed by atoms with Crippen molar-refractivity contribution in [1.82, 2.24) is 15.1 Å². The standard InChI is InChI=1S/C13H25N3O/c1-2-13-11-14-4-3-12(1)16(13)6-5-15-7-9-17-10-8-15/h12-14H,1-11H2. The highest BCUT2D eigenvalue weighted by molar-refractivity contribution is 4.92. The van der Waals surface area contributed by atoms with E-state index in [0.29, 0.717) is 0 Å². The molecule has 0 aromatic rings. The molecule has 0 radical (unpaired) electrons. The third-order valence-corrected chi connectivity index (χ3v) is 4.58. The number of fused-ring (bicyclic) bond motifs is 2. The van der Waals surface area contributed by atoms with Crippen LogP contribution >= 0.6 is 0 Å². The van der Waals surface area contributed by atoms with Gasteiger partial charge in [-0.05, 0) is 25.8 Å². The van der Waals surface area contributed by atoms with Crippen molar-refractivity contribution in [2.45, 2.75) is 31.3 Å². The van der Waals surface area contributed by atoms with Crippen LogP contribution in [0.25, 0.3) is 0 Å². The molecule has 98 valence electrons. The highest BCUT2D eigenvalue weighted by atomic mass is 16.5. The van der Waals surface area contributed by atoms with Gasteiger partial charge in [-0.25, -0.2) is 0 Å². The Bertz CT molecular complexity index is 229. The lowest BCUT2D eigenvalue weighted by Crippen LogP contribution is -2.45. The quantitative estimate of drug-likeness (QED) is 0.758. The smallest absolute Gasteiger partial charge is 0.0594 e. The molecule has 3 aliphatic rings. The maximum Gasteiger partial charge on any atom is 0.0594 e. The van der Waals surface area contributed by atoms with Crippen LogP contribution in [-0.4, -0.2) is 74.4 Å². The van der Waals surface area contributed by atoms with Crippen molar-refractivity contribution in [3.05, 3.63) is 0 Å². The Morgan fingerprint density at radius 2 is 1.82 bits per heavy atom. The summed E-state index contributed by atoms with van der Waals surface area (Å²) in [5.74, 6) is 0. The third-order valence-electron chi connectivity index (χ3n) is 4.58.